The first-order valence-corrected chi connectivity index (χ1v) is 7.57. The molecule has 2 nitrogen and oxygen atoms in total. The lowest BCUT2D eigenvalue weighted by Crippen LogP contribution is -1.98. The maximum atomic E-state index is 5.92. The largest absolute Gasteiger partial charge is 0.391 e. The van der Waals surface area contributed by atoms with Gasteiger partial charge in [0.1, 0.15) is 6.61 Å². The number of benzene rings is 2. The van der Waals surface area contributed by atoms with Crippen LogP contribution in [0, 0.1) is 5.92 Å². The van der Waals surface area contributed by atoms with Gasteiger partial charge >= 0.3 is 0 Å². The van der Waals surface area contributed by atoms with Crippen molar-refractivity contribution in [3.8, 4) is 0 Å². The Labute approximate surface area is 130 Å². The first kappa shape index (κ1) is 14.2. The van der Waals surface area contributed by atoms with E-state index in [2.05, 4.69) is 17.3 Å². The highest BCUT2D eigenvalue weighted by Crippen LogP contribution is 2.48. The summed E-state index contributed by atoms with van der Waals surface area (Å²) < 4.78 is 0. The van der Waals surface area contributed by atoms with E-state index in [-0.39, 0.29) is 0 Å². The number of rotatable bonds is 5. The van der Waals surface area contributed by atoms with Gasteiger partial charge in [0, 0.05) is 10.9 Å². The molecule has 0 saturated heterocycles. The second-order valence-electron chi connectivity index (χ2n) is 5.49. The van der Waals surface area contributed by atoms with Crippen LogP contribution in [-0.4, -0.2) is 5.71 Å². The molecule has 0 heterocycles. The lowest BCUT2D eigenvalue weighted by molar-refractivity contribution is 0.129. The zero-order chi connectivity index (χ0) is 14.7. The van der Waals surface area contributed by atoms with E-state index >= 15 is 0 Å². The second-order valence-corrected chi connectivity index (χ2v) is 5.93. The van der Waals surface area contributed by atoms with Crippen LogP contribution in [0.3, 0.4) is 0 Å². The number of nitrogens with zero attached hydrogens (tertiary/aromatic N) is 1. The Hall–Kier alpha value is -1.80. The second kappa shape index (κ2) is 6.31. The van der Waals surface area contributed by atoms with Crippen LogP contribution in [0.1, 0.15) is 30.4 Å². The van der Waals surface area contributed by atoms with Crippen LogP contribution < -0.4 is 0 Å². The van der Waals surface area contributed by atoms with Gasteiger partial charge in [-0.3, -0.25) is 0 Å². The van der Waals surface area contributed by atoms with Crippen LogP contribution in [-0.2, 0) is 11.4 Å². The molecule has 0 bridgehead atoms. The fourth-order valence-electron chi connectivity index (χ4n) is 2.59. The third-order valence-electron chi connectivity index (χ3n) is 3.91. The predicted molar refractivity (Wildman–Crippen MR) is 86.6 cm³/mol. The van der Waals surface area contributed by atoms with Crippen molar-refractivity contribution < 1.29 is 4.84 Å². The highest BCUT2D eigenvalue weighted by atomic mass is 35.5. The van der Waals surface area contributed by atoms with E-state index in [1.807, 2.05) is 49.4 Å². The van der Waals surface area contributed by atoms with Crippen molar-refractivity contribution in [2.24, 2.45) is 11.1 Å². The summed E-state index contributed by atoms with van der Waals surface area (Å²) in [7, 11) is 0. The molecular formula is C18H18ClNO. The molecule has 0 aromatic heterocycles. The molecule has 2 unspecified atom stereocenters. The Morgan fingerprint density at radius 1 is 1.14 bits per heavy atom. The molecule has 2 atom stereocenters. The molecular weight excluding hydrogens is 282 g/mol. The monoisotopic (exact) mass is 299 g/mol. The van der Waals surface area contributed by atoms with Crippen molar-refractivity contribution >= 4 is 17.3 Å². The van der Waals surface area contributed by atoms with Crippen molar-refractivity contribution in [1.82, 2.24) is 0 Å². The number of hydrogen-bond donors (Lipinski definition) is 0. The van der Waals surface area contributed by atoms with Gasteiger partial charge in [-0.25, -0.2) is 0 Å². The Balaban J connectivity index is 1.53. The third kappa shape index (κ3) is 3.64. The molecule has 2 aromatic carbocycles. The highest BCUT2D eigenvalue weighted by Gasteiger charge is 2.40. The normalized spacial score (nSPS) is 21.1. The zero-order valence-electron chi connectivity index (χ0n) is 12.0. The Kier molecular flexibility index (Phi) is 4.26. The van der Waals surface area contributed by atoms with E-state index in [0.29, 0.717) is 18.4 Å². The smallest absolute Gasteiger partial charge is 0.142 e. The maximum absolute atomic E-state index is 5.92. The van der Waals surface area contributed by atoms with E-state index in [4.69, 9.17) is 16.4 Å². The summed E-state index contributed by atoms with van der Waals surface area (Å²) in [4.78, 5) is 5.45. The molecule has 1 saturated carbocycles. The fourth-order valence-corrected chi connectivity index (χ4v) is 2.71. The first-order chi connectivity index (χ1) is 10.2. The van der Waals surface area contributed by atoms with Gasteiger partial charge in [0.15, 0.2) is 0 Å². The molecule has 3 rings (SSSR count). The van der Waals surface area contributed by atoms with Crippen LogP contribution >= 0.6 is 11.6 Å². The van der Waals surface area contributed by atoms with Crippen molar-refractivity contribution in [3.63, 3.8) is 0 Å². The van der Waals surface area contributed by atoms with Crippen LogP contribution in [0.25, 0.3) is 0 Å². The molecule has 21 heavy (non-hydrogen) atoms. The molecule has 2 aromatic rings. The Morgan fingerprint density at radius 2 is 1.86 bits per heavy atom. The summed E-state index contributed by atoms with van der Waals surface area (Å²) >= 11 is 5.92. The van der Waals surface area contributed by atoms with Gasteiger partial charge in [-0.1, -0.05) is 59.2 Å². The minimum atomic E-state index is 0.502. The Morgan fingerprint density at radius 3 is 2.57 bits per heavy atom. The van der Waals surface area contributed by atoms with E-state index in [1.165, 1.54) is 5.56 Å². The minimum Gasteiger partial charge on any atom is -0.391 e. The molecule has 0 amide bonds. The predicted octanol–water partition coefficient (Wildman–Crippen LogP) is 5.04. The van der Waals surface area contributed by atoms with Crippen LogP contribution in [0.5, 0.6) is 0 Å². The standard InChI is InChI=1S/C18H18ClNO/c1-13(20-21-12-14-5-3-2-4-6-14)17-11-18(17)15-7-9-16(19)10-8-15/h2-10,17-18H,11-12H2,1H3/b20-13+. The number of oxime groups is 1. The highest BCUT2D eigenvalue weighted by molar-refractivity contribution is 6.30. The van der Waals surface area contributed by atoms with E-state index in [1.54, 1.807) is 0 Å². The molecule has 0 aliphatic heterocycles. The topological polar surface area (TPSA) is 21.6 Å². The van der Waals surface area contributed by atoms with E-state index in [9.17, 15) is 0 Å². The van der Waals surface area contributed by atoms with Gasteiger partial charge in [0.25, 0.3) is 0 Å². The molecule has 1 fully saturated rings. The average Bonchev–Trinajstić information content (AvgIpc) is 3.30. The van der Waals surface area contributed by atoms with Crippen LogP contribution in [0.2, 0.25) is 5.02 Å². The molecule has 0 spiro atoms. The minimum absolute atomic E-state index is 0.502. The molecule has 1 aliphatic rings. The lowest BCUT2D eigenvalue weighted by atomic mass is 10.1. The summed E-state index contributed by atoms with van der Waals surface area (Å²) in [5.41, 5.74) is 3.55. The SMILES string of the molecule is C/C(=N\OCc1ccccc1)C1CC1c1ccc(Cl)cc1. The summed E-state index contributed by atoms with van der Waals surface area (Å²) in [6, 6.07) is 18.2. The van der Waals surface area contributed by atoms with Crippen molar-refractivity contribution in [1.29, 1.82) is 0 Å². The number of halogens is 1. The van der Waals surface area contributed by atoms with Crippen LogP contribution in [0.15, 0.2) is 59.8 Å². The van der Waals surface area contributed by atoms with Gasteiger partial charge in [-0.05, 0) is 42.5 Å². The van der Waals surface area contributed by atoms with Crippen LogP contribution in [0.4, 0.5) is 0 Å². The summed E-state index contributed by atoms with van der Waals surface area (Å²) in [6.07, 6.45) is 1.14. The average molecular weight is 300 g/mol. The molecule has 108 valence electrons. The lowest BCUT2D eigenvalue weighted by Gasteiger charge is -2.03. The fraction of sp³-hybridized carbons (Fsp3) is 0.278. The maximum Gasteiger partial charge on any atom is 0.142 e. The molecule has 0 radical (unpaired) electrons. The first-order valence-electron chi connectivity index (χ1n) is 7.20. The van der Waals surface area contributed by atoms with Crippen molar-refractivity contribution in [2.45, 2.75) is 25.9 Å². The Bertz CT molecular complexity index is 621. The molecule has 3 heteroatoms. The summed E-state index contributed by atoms with van der Waals surface area (Å²) in [5.74, 6) is 1.06. The van der Waals surface area contributed by atoms with Gasteiger partial charge in [-0.2, -0.15) is 0 Å². The third-order valence-corrected chi connectivity index (χ3v) is 4.16. The summed E-state index contributed by atoms with van der Waals surface area (Å²) in [5, 5.41) is 5.05. The summed E-state index contributed by atoms with van der Waals surface area (Å²) in [6.45, 7) is 2.57. The van der Waals surface area contributed by atoms with Crippen molar-refractivity contribution in [3.05, 3.63) is 70.7 Å². The molecule has 0 N–H and O–H groups in total. The van der Waals surface area contributed by atoms with Gasteiger partial charge in [-0.15, -0.1) is 0 Å². The van der Waals surface area contributed by atoms with Crippen molar-refractivity contribution in [2.75, 3.05) is 0 Å². The van der Waals surface area contributed by atoms with Gasteiger partial charge in [0.05, 0.1) is 5.71 Å². The van der Waals surface area contributed by atoms with Gasteiger partial charge < -0.3 is 4.84 Å². The zero-order valence-corrected chi connectivity index (χ0v) is 12.8. The quantitative estimate of drug-likeness (QED) is 0.560. The van der Waals surface area contributed by atoms with E-state index in [0.717, 1.165) is 22.7 Å². The van der Waals surface area contributed by atoms with Gasteiger partial charge in [0.2, 0.25) is 0 Å². The van der Waals surface area contributed by atoms with E-state index < -0.39 is 0 Å². The molecule has 1 aliphatic carbocycles. The number of hydrogen-bond acceptors (Lipinski definition) is 2.